The molecule has 19 heavy (non-hydrogen) atoms. The van der Waals surface area contributed by atoms with Crippen molar-refractivity contribution in [3.8, 4) is 0 Å². The molecule has 1 aliphatic rings. The van der Waals surface area contributed by atoms with Crippen LogP contribution in [-0.4, -0.2) is 47.7 Å². The zero-order valence-electron chi connectivity index (χ0n) is 11.3. The zero-order chi connectivity index (χ0) is 14.2. The molecular formula is C14H16N2O3. The van der Waals surface area contributed by atoms with Gasteiger partial charge in [0.15, 0.2) is 5.78 Å². The van der Waals surface area contributed by atoms with Gasteiger partial charge in [0, 0.05) is 12.6 Å². The van der Waals surface area contributed by atoms with Crippen molar-refractivity contribution >= 4 is 17.7 Å². The fraction of sp³-hybridized carbons (Fsp3) is 0.357. The molecule has 1 aromatic rings. The number of aryl methyl sites for hydroxylation is 2. The molecule has 0 aromatic heterocycles. The number of rotatable bonds is 3. The molecule has 0 unspecified atom stereocenters. The van der Waals surface area contributed by atoms with Gasteiger partial charge >= 0.3 is 6.03 Å². The third kappa shape index (κ3) is 2.50. The van der Waals surface area contributed by atoms with Crippen LogP contribution in [-0.2, 0) is 4.79 Å². The normalized spacial score (nSPS) is 15.3. The third-order valence-corrected chi connectivity index (χ3v) is 3.23. The lowest BCUT2D eigenvalue weighted by Gasteiger charge is -2.14. The number of imide groups is 1. The smallest absolute Gasteiger partial charge is 0.318 e. The van der Waals surface area contributed by atoms with Gasteiger partial charge in [-0.25, -0.2) is 4.79 Å². The Kier molecular flexibility index (Phi) is 3.38. The van der Waals surface area contributed by atoms with Crippen molar-refractivity contribution in [2.45, 2.75) is 13.8 Å². The Hall–Kier alpha value is -2.17. The minimum Gasteiger partial charge on any atom is -0.318 e. The highest BCUT2D eigenvalue weighted by molar-refractivity contribution is 6.08. The van der Waals surface area contributed by atoms with E-state index in [0.29, 0.717) is 5.56 Å². The van der Waals surface area contributed by atoms with E-state index in [-0.39, 0.29) is 24.8 Å². The highest BCUT2D eigenvalue weighted by Gasteiger charge is 2.35. The number of carbonyl (C=O) groups excluding carboxylic acids is 3. The molecule has 0 saturated carbocycles. The van der Waals surface area contributed by atoms with Crippen molar-refractivity contribution in [2.75, 3.05) is 20.1 Å². The van der Waals surface area contributed by atoms with Gasteiger partial charge in [-0.2, -0.15) is 0 Å². The van der Waals surface area contributed by atoms with Gasteiger partial charge in [0.05, 0.1) is 6.54 Å². The number of urea groups is 1. The van der Waals surface area contributed by atoms with E-state index in [1.54, 1.807) is 13.1 Å². The Bertz CT molecular complexity index is 566. The molecule has 1 saturated heterocycles. The van der Waals surface area contributed by atoms with Crippen molar-refractivity contribution in [1.29, 1.82) is 0 Å². The Morgan fingerprint density at radius 3 is 2.53 bits per heavy atom. The average Bonchev–Trinajstić information content (AvgIpc) is 2.59. The summed E-state index contributed by atoms with van der Waals surface area (Å²) in [6.07, 6.45) is 0. The fourth-order valence-corrected chi connectivity index (χ4v) is 2.09. The fourth-order valence-electron chi connectivity index (χ4n) is 2.09. The highest BCUT2D eigenvalue weighted by atomic mass is 16.2. The van der Waals surface area contributed by atoms with Crippen LogP contribution in [0.15, 0.2) is 18.2 Å². The van der Waals surface area contributed by atoms with E-state index in [1.807, 2.05) is 26.0 Å². The lowest BCUT2D eigenvalue weighted by molar-refractivity contribution is -0.125. The number of hydrogen-bond donors (Lipinski definition) is 0. The Balaban J connectivity index is 2.20. The van der Waals surface area contributed by atoms with E-state index in [9.17, 15) is 14.4 Å². The Labute approximate surface area is 111 Å². The number of nitrogens with zero attached hydrogens (tertiary/aromatic N) is 2. The summed E-state index contributed by atoms with van der Waals surface area (Å²) in [5, 5.41) is 0. The van der Waals surface area contributed by atoms with Gasteiger partial charge in [0.2, 0.25) is 0 Å². The minimum atomic E-state index is -0.413. The first-order valence-corrected chi connectivity index (χ1v) is 6.06. The van der Waals surface area contributed by atoms with Gasteiger partial charge in [0.1, 0.15) is 6.54 Å². The van der Waals surface area contributed by atoms with E-state index in [0.717, 1.165) is 16.0 Å². The van der Waals surface area contributed by atoms with Gasteiger partial charge in [-0.15, -0.1) is 0 Å². The second kappa shape index (κ2) is 4.84. The molecule has 5 heteroatoms. The Morgan fingerprint density at radius 2 is 1.95 bits per heavy atom. The van der Waals surface area contributed by atoms with Gasteiger partial charge in [-0.05, 0) is 25.5 Å². The predicted molar refractivity (Wildman–Crippen MR) is 70.0 cm³/mol. The lowest BCUT2D eigenvalue weighted by Crippen LogP contribution is -2.36. The van der Waals surface area contributed by atoms with Crippen LogP contribution in [0.1, 0.15) is 21.5 Å². The van der Waals surface area contributed by atoms with Crippen LogP contribution >= 0.6 is 0 Å². The summed E-state index contributed by atoms with van der Waals surface area (Å²) in [6.45, 7) is 3.59. The highest BCUT2D eigenvalue weighted by Crippen LogP contribution is 2.14. The van der Waals surface area contributed by atoms with Gasteiger partial charge < -0.3 is 4.90 Å². The first-order valence-electron chi connectivity index (χ1n) is 6.06. The van der Waals surface area contributed by atoms with Crippen LogP contribution in [0, 0.1) is 13.8 Å². The average molecular weight is 260 g/mol. The lowest BCUT2D eigenvalue weighted by atomic mass is 10.0. The van der Waals surface area contributed by atoms with E-state index >= 15 is 0 Å². The quantitative estimate of drug-likeness (QED) is 0.609. The van der Waals surface area contributed by atoms with Crippen molar-refractivity contribution < 1.29 is 14.4 Å². The topological polar surface area (TPSA) is 57.7 Å². The summed E-state index contributed by atoms with van der Waals surface area (Å²) in [5.41, 5.74) is 2.39. The standard InChI is InChI=1S/C14H16N2O3/c1-9-4-5-10(2)11(6-9)12(17)7-16-13(18)8-15(3)14(16)19/h4-6H,7-8H2,1-3H3. The maximum Gasteiger partial charge on any atom is 0.327 e. The zero-order valence-corrected chi connectivity index (χ0v) is 11.3. The monoisotopic (exact) mass is 260 g/mol. The first kappa shape index (κ1) is 13.3. The molecule has 0 N–H and O–H groups in total. The van der Waals surface area contributed by atoms with Crippen molar-refractivity contribution in [3.05, 3.63) is 34.9 Å². The van der Waals surface area contributed by atoms with Crippen molar-refractivity contribution in [2.24, 2.45) is 0 Å². The van der Waals surface area contributed by atoms with Crippen LogP contribution in [0.2, 0.25) is 0 Å². The molecule has 0 radical (unpaired) electrons. The summed E-state index contributed by atoms with van der Waals surface area (Å²) in [5.74, 6) is -0.538. The van der Waals surface area contributed by atoms with E-state index < -0.39 is 6.03 Å². The third-order valence-electron chi connectivity index (χ3n) is 3.23. The second-order valence-electron chi connectivity index (χ2n) is 4.86. The molecule has 0 atom stereocenters. The number of hydrogen-bond acceptors (Lipinski definition) is 3. The number of amides is 3. The molecule has 1 fully saturated rings. The number of Topliss-reactive ketones (excluding diaryl/α,β-unsaturated/α-hetero) is 1. The molecule has 1 aliphatic heterocycles. The first-order chi connectivity index (χ1) is 8.90. The van der Waals surface area contributed by atoms with E-state index in [2.05, 4.69) is 0 Å². The SMILES string of the molecule is Cc1ccc(C)c(C(=O)CN2C(=O)CN(C)C2=O)c1. The molecule has 5 nitrogen and oxygen atoms in total. The summed E-state index contributed by atoms with van der Waals surface area (Å²) in [6, 6.07) is 5.16. The van der Waals surface area contributed by atoms with Crippen molar-refractivity contribution in [1.82, 2.24) is 9.80 Å². The number of ketones is 1. The minimum absolute atomic E-state index is 0.0406. The largest absolute Gasteiger partial charge is 0.327 e. The Morgan fingerprint density at radius 1 is 1.26 bits per heavy atom. The van der Waals surface area contributed by atoms with Gasteiger partial charge in [0.25, 0.3) is 5.91 Å². The number of likely N-dealkylation sites (N-methyl/N-ethyl adjacent to an activating group) is 1. The second-order valence-corrected chi connectivity index (χ2v) is 4.86. The molecule has 3 amide bonds. The van der Waals surface area contributed by atoms with Gasteiger partial charge in [-0.3, -0.25) is 14.5 Å². The molecule has 1 heterocycles. The molecular weight excluding hydrogens is 244 g/mol. The van der Waals surface area contributed by atoms with Crippen LogP contribution < -0.4 is 0 Å². The predicted octanol–water partition coefficient (Wildman–Crippen LogP) is 1.38. The number of carbonyl (C=O) groups is 3. The van der Waals surface area contributed by atoms with E-state index in [1.165, 1.54) is 4.90 Å². The molecule has 0 bridgehead atoms. The molecule has 100 valence electrons. The summed E-state index contributed by atoms with van der Waals surface area (Å²) in [4.78, 5) is 37.9. The molecule has 0 spiro atoms. The summed E-state index contributed by atoms with van der Waals surface area (Å²) < 4.78 is 0. The molecule has 2 rings (SSSR count). The summed E-state index contributed by atoms with van der Waals surface area (Å²) in [7, 11) is 1.54. The molecule has 0 aliphatic carbocycles. The molecule has 1 aromatic carbocycles. The van der Waals surface area contributed by atoms with Crippen LogP contribution in [0.3, 0.4) is 0 Å². The van der Waals surface area contributed by atoms with Gasteiger partial charge in [-0.1, -0.05) is 17.7 Å². The maximum absolute atomic E-state index is 12.2. The van der Waals surface area contributed by atoms with Crippen LogP contribution in [0.5, 0.6) is 0 Å². The van der Waals surface area contributed by atoms with E-state index in [4.69, 9.17) is 0 Å². The number of benzene rings is 1. The van der Waals surface area contributed by atoms with Crippen molar-refractivity contribution in [3.63, 3.8) is 0 Å². The van der Waals surface area contributed by atoms with Crippen LogP contribution in [0.25, 0.3) is 0 Å². The van der Waals surface area contributed by atoms with Crippen LogP contribution in [0.4, 0.5) is 4.79 Å². The summed E-state index contributed by atoms with van der Waals surface area (Å²) >= 11 is 0. The maximum atomic E-state index is 12.2.